The second-order valence-electron chi connectivity index (χ2n) is 8.11. The smallest absolute Gasteiger partial charge is 0.254 e. The Bertz CT molecular complexity index is 758. The largest absolute Gasteiger partial charge is 0.348 e. The SMILES string of the molecule is O=C(NC1CCCN(CC2CCCCC2)C1)c1cnc(-c2cccnc2)nc1. The summed E-state index contributed by atoms with van der Waals surface area (Å²) >= 11 is 0. The first-order chi connectivity index (χ1) is 13.8. The van der Waals surface area contributed by atoms with E-state index in [0.717, 1.165) is 37.4 Å². The molecule has 0 bridgehead atoms. The van der Waals surface area contributed by atoms with Crippen molar-refractivity contribution in [3.8, 4) is 11.4 Å². The number of carbonyl (C=O) groups is 1. The summed E-state index contributed by atoms with van der Waals surface area (Å²) in [5.74, 6) is 1.35. The van der Waals surface area contributed by atoms with Gasteiger partial charge in [-0.2, -0.15) is 0 Å². The fourth-order valence-electron chi connectivity index (χ4n) is 4.43. The van der Waals surface area contributed by atoms with E-state index < -0.39 is 0 Å². The fraction of sp³-hybridized carbons (Fsp3) is 0.545. The van der Waals surface area contributed by atoms with Gasteiger partial charge in [0.25, 0.3) is 5.91 Å². The third kappa shape index (κ3) is 4.93. The van der Waals surface area contributed by atoms with Gasteiger partial charge in [-0.3, -0.25) is 9.78 Å². The maximum absolute atomic E-state index is 12.6. The van der Waals surface area contributed by atoms with Gasteiger partial charge in [0, 0.05) is 49.5 Å². The van der Waals surface area contributed by atoms with Crippen molar-refractivity contribution in [2.24, 2.45) is 5.92 Å². The summed E-state index contributed by atoms with van der Waals surface area (Å²) in [6.07, 6.45) is 15.7. The van der Waals surface area contributed by atoms with Crippen molar-refractivity contribution in [2.45, 2.75) is 51.0 Å². The molecule has 1 atom stereocenters. The fourth-order valence-corrected chi connectivity index (χ4v) is 4.43. The number of rotatable bonds is 5. The summed E-state index contributed by atoms with van der Waals surface area (Å²) in [6.45, 7) is 3.30. The molecule has 0 spiro atoms. The van der Waals surface area contributed by atoms with E-state index in [9.17, 15) is 4.79 Å². The Kier molecular flexibility index (Phi) is 6.27. The highest BCUT2D eigenvalue weighted by Crippen LogP contribution is 2.25. The molecule has 1 saturated carbocycles. The van der Waals surface area contributed by atoms with Crippen molar-refractivity contribution >= 4 is 5.91 Å². The Balaban J connectivity index is 1.31. The van der Waals surface area contributed by atoms with Crippen LogP contribution in [0.25, 0.3) is 11.4 Å². The minimum Gasteiger partial charge on any atom is -0.348 e. The van der Waals surface area contributed by atoms with Gasteiger partial charge in [0.15, 0.2) is 5.82 Å². The number of hydrogen-bond donors (Lipinski definition) is 1. The summed E-state index contributed by atoms with van der Waals surface area (Å²) in [5, 5.41) is 3.19. The van der Waals surface area contributed by atoms with Crippen molar-refractivity contribution < 1.29 is 4.79 Å². The Morgan fingerprint density at radius 3 is 2.64 bits per heavy atom. The van der Waals surface area contributed by atoms with Crippen LogP contribution in [0.3, 0.4) is 0 Å². The van der Waals surface area contributed by atoms with E-state index in [4.69, 9.17) is 0 Å². The van der Waals surface area contributed by atoms with Gasteiger partial charge in [-0.15, -0.1) is 0 Å². The van der Waals surface area contributed by atoms with Crippen molar-refractivity contribution in [3.05, 3.63) is 42.5 Å². The Labute approximate surface area is 166 Å². The highest BCUT2D eigenvalue weighted by atomic mass is 16.1. The molecule has 148 valence electrons. The van der Waals surface area contributed by atoms with Crippen LogP contribution in [0.1, 0.15) is 55.3 Å². The predicted octanol–water partition coefficient (Wildman–Crippen LogP) is 3.31. The first-order valence-electron chi connectivity index (χ1n) is 10.5. The summed E-state index contributed by atoms with van der Waals surface area (Å²) < 4.78 is 0. The molecule has 1 aliphatic heterocycles. The van der Waals surface area contributed by atoms with Gasteiger partial charge in [0.1, 0.15) is 0 Å². The molecule has 0 aromatic carbocycles. The zero-order chi connectivity index (χ0) is 19.2. The molecule has 1 amide bonds. The number of hydrogen-bond acceptors (Lipinski definition) is 5. The molecule has 1 N–H and O–H groups in total. The average Bonchev–Trinajstić information content (AvgIpc) is 2.75. The summed E-state index contributed by atoms with van der Waals surface area (Å²) in [6, 6.07) is 3.97. The van der Waals surface area contributed by atoms with Crippen LogP contribution in [0.2, 0.25) is 0 Å². The Hall–Kier alpha value is -2.34. The van der Waals surface area contributed by atoms with Crippen LogP contribution in [-0.4, -0.2) is 51.4 Å². The summed E-state index contributed by atoms with van der Waals surface area (Å²) in [5.41, 5.74) is 1.36. The summed E-state index contributed by atoms with van der Waals surface area (Å²) in [4.78, 5) is 27.9. The van der Waals surface area contributed by atoms with E-state index in [1.54, 1.807) is 24.8 Å². The number of nitrogens with one attached hydrogen (secondary N) is 1. The maximum Gasteiger partial charge on any atom is 0.254 e. The van der Waals surface area contributed by atoms with E-state index in [0.29, 0.717) is 11.4 Å². The molecule has 2 fully saturated rings. The normalized spacial score (nSPS) is 21.4. The van der Waals surface area contributed by atoms with Crippen LogP contribution in [0, 0.1) is 5.92 Å². The van der Waals surface area contributed by atoms with Gasteiger partial charge in [-0.25, -0.2) is 9.97 Å². The lowest BCUT2D eigenvalue weighted by Crippen LogP contribution is -2.49. The molecular formula is C22H29N5O. The van der Waals surface area contributed by atoms with E-state index in [1.165, 1.54) is 38.6 Å². The zero-order valence-electron chi connectivity index (χ0n) is 16.4. The molecule has 2 aromatic heterocycles. The molecule has 1 aliphatic carbocycles. The van der Waals surface area contributed by atoms with Crippen molar-refractivity contribution in [1.29, 1.82) is 0 Å². The molecule has 6 heteroatoms. The third-order valence-corrected chi connectivity index (χ3v) is 5.92. The molecule has 28 heavy (non-hydrogen) atoms. The predicted molar refractivity (Wildman–Crippen MR) is 109 cm³/mol. The van der Waals surface area contributed by atoms with Gasteiger partial charge in [-0.05, 0) is 50.3 Å². The third-order valence-electron chi connectivity index (χ3n) is 5.92. The molecule has 1 unspecified atom stereocenters. The molecule has 1 saturated heterocycles. The van der Waals surface area contributed by atoms with Gasteiger partial charge >= 0.3 is 0 Å². The Morgan fingerprint density at radius 2 is 1.89 bits per heavy atom. The molecule has 6 nitrogen and oxygen atoms in total. The molecule has 4 rings (SSSR count). The van der Waals surface area contributed by atoms with E-state index >= 15 is 0 Å². The van der Waals surface area contributed by atoms with E-state index in [2.05, 4.69) is 25.2 Å². The number of aromatic nitrogens is 3. The molecule has 0 radical (unpaired) electrons. The standard InChI is InChI=1S/C22H29N5O/c28-22(19-13-24-21(25-14-19)18-8-4-10-23-12-18)26-20-9-5-11-27(16-20)15-17-6-2-1-3-7-17/h4,8,10,12-14,17,20H,1-3,5-7,9,11,15-16H2,(H,26,28). The van der Waals surface area contributed by atoms with E-state index in [-0.39, 0.29) is 11.9 Å². The molecule has 2 aliphatic rings. The highest BCUT2D eigenvalue weighted by molar-refractivity contribution is 5.93. The van der Waals surface area contributed by atoms with Crippen molar-refractivity contribution in [2.75, 3.05) is 19.6 Å². The lowest BCUT2D eigenvalue weighted by molar-refractivity contribution is 0.0889. The van der Waals surface area contributed by atoms with Crippen LogP contribution in [0.4, 0.5) is 0 Å². The second-order valence-corrected chi connectivity index (χ2v) is 8.11. The number of carbonyl (C=O) groups excluding carboxylic acids is 1. The Morgan fingerprint density at radius 1 is 1.07 bits per heavy atom. The van der Waals surface area contributed by atoms with Gasteiger partial charge in [0.2, 0.25) is 0 Å². The van der Waals surface area contributed by atoms with Crippen molar-refractivity contribution in [1.82, 2.24) is 25.2 Å². The van der Waals surface area contributed by atoms with Gasteiger partial charge in [0.05, 0.1) is 5.56 Å². The minimum absolute atomic E-state index is 0.0812. The second kappa shape index (κ2) is 9.24. The number of piperidine rings is 1. The molecular weight excluding hydrogens is 350 g/mol. The number of pyridine rings is 1. The van der Waals surface area contributed by atoms with Crippen LogP contribution in [0.15, 0.2) is 36.9 Å². The quantitative estimate of drug-likeness (QED) is 0.863. The van der Waals surface area contributed by atoms with Crippen molar-refractivity contribution in [3.63, 3.8) is 0 Å². The lowest BCUT2D eigenvalue weighted by atomic mass is 9.88. The topological polar surface area (TPSA) is 71.0 Å². The first-order valence-corrected chi connectivity index (χ1v) is 10.5. The average molecular weight is 380 g/mol. The maximum atomic E-state index is 12.6. The molecule has 3 heterocycles. The number of amides is 1. The number of nitrogens with zero attached hydrogens (tertiary/aromatic N) is 4. The van der Waals surface area contributed by atoms with Gasteiger partial charge in [-0.1, -0.05) is 19.3 Å². The van der Waals surface area contributed by atoms with Gasteiger partial charge < -0.3 is 10.2 Å². The minimum atomic E-state index is -0.0812. The van der Waals surface area contributed by atoms with Crippen LogP contribution in [-0.2, 0) is 0 Å². The zero-order valence-corrected chi connectivity index (χ0v) is 16.4. The van der Waals surface area contributed by atoms with Crippen LogP contribution < -0.4 is 5.32 Å². The van der Waals surface area contributed by atoms with Crippen LogP contribution in [0.5, 0.6) is 0 Å². The number of likely N-dealkylation sites (tertiary alicyclic amines) is 1. The van der Waals surface area contributed by atoms with Crippen LogP contribution >= 0.6 is 0 Å². The van der Waals surface area contributed by atoms with E-state index in [1.807, 2.05) is 12.1 Å². The monoisotopic (exact) mass is 379 g/mol. The summed E-state index contributed by atoms with van der Waals surface area (Å²) in [7, 11) is 0. The first kappa shape index (κ1) is 19.0. The lowest BCUT2D eigenvalue weighted by Gasteiger charge is -2.36. The highest BCUT2D eigenvalue weighted by Gasteiger charge is 2.24. The molecule has 2 aromatic rings.